The van der Waals surface area contributed by atoms with Crippen molar-refractivity contribution in [2.75, 3.05) is 12.3 Å². The molecule has 0 radical (unpaired) electrons. The highest BCUT2D eigenvalue weighted by molar-refractivity contribution is 6.24. The number of benzene rings is 1. The van der Waals surface area contributed by atoms with Crippen LogP contribution in [0.2, 0.25) is 0 Å². The summed E-state index contributed by atoms with van der Waals surface area (Å²) in [7, 11) is 0. The molecule has 3 heteroatoms. The van der Waals surface area contributed by atoms with Crippen LogP contribution in [0, 0.1) is 11.3 Å². The number of nitrogens with one attached hydrogen (secondary N) is 1. The van der Waals surface area contributed by atoms with E-state index in [4.69, 9.17) is 5.73 Å². The van der Waals surface area contributed by atoms with Crippen molar-refractivity contribution < 1.29 is 4.79 Å². The van der Waals surface area contributed by atoms with E-state index in [0.29, 0.717) is 24.2 Å². The normalized spacial score (nSPS) is 34.2. The fourth-order valence-corrected chi connectivity index (χ4v) is 6.10. The van der Waals surface area contributed by atoms with Crippen LogP contribution in [0.3, 0.4) is 0 Å². The largest absolute Gasteiger partial charge is 0.399 e. The van der Waals surface area contributed by atoms with Crippen molar-refractivity contribution >= 4 is 17.0 Å². The molecule has 3 atom stereocenters. The number of carbonyl (C=O) groups is 1. The molecule has 4 aliphatic rings. The second-order valence-electron chi connectivity index (χ2n) is 8.25. The maximum absolute atomic E-state index is 13.0. The van der Waals surface area contributed by atoms with Crippen LogP contribution < -0.4 is 11.1 Å². The molecule has 1 heterocycles. The van der Waals surface area contributed by atoms with E-state index < -0.39 is 0 Å². The van der Waals surface area contributed by atoms with Gasteiger partial charge in [0.15, 0.2) is 5.78 Å². The van der Waals surface area contributed by atoms with Crippen molar-refractivity contribution in [3.63, 3.8) is 0 Å². The Balaban J connectivity index is 1.75. The van der Waals surface area contributed by atoms with Crippen LogP contribution in [0.5, 0.6) is 0 Å². The molecule has 2 saturated carbocycles. The summed E-state index contributed by atoms with van der Waals surface area (Å²) in [5.74, 6) is 0.982. The summed E-state index contributed by atoms with van der Waals surface area (Å²) >= 11 is 0. The van der Waals surface area contributed by atoms with Gasteiger partial charge in [0.25, 0.3) is 0 Å². The number of rotatable bonds is 1. The molecular weight excluding hydrogens is 308 g/mol. The number of nitrogens with two attached hydrogens (primary N) is 1. The third-order valence-electron chi connectivity index (χ3n) is 7.08. The number of fused-ring (bicyclic) bond motifs is 1. The molecule has 3 N–H and O–H groups in total. The molecule has 2 bridgehead atoms. The van der Waals surface area contributed by atoms with E-state index in [1.807, 2.05) is 24.3 Å². The lowest BCUT2D eigenvalue weighted by molar-refractivity contribution is -0.113. The Kier molecular flexibility index (Phi) is 3.43. The molecule has 3 aliphatic carbocycles. The number of allylic oxidation sites excluding steroid dienone is 3. The van der Waals surface area contributed by atoms with Crippen LogP contribution in [-0.4, -0.2) is 18.4 Å². The van der Waals surface area contributed by atoms with Gasteiger partial charge in [-0.3, -0.25) is 4.79 Å². The molecule has 1 saturated heterocycles. The summed E-state index contributed by atoms with van der Waals surface area (Å²) in [6.45, 7) is 1.08. The second kappa shape index (κ2) is 5.57. The summed E-state index contributed by atoms with van der Waals surface area (Å²) in [6.07, 6.45) is 10.2. The maximum atomic E-state index is 13.0. The van der Waals surface area contributed by atoms with Gasteiger partial charge in [-0.05, 0) is 67.0 Å². The minimum absolute atomic E-state index is 0.213. The highest BCUT2D eigenvalue weighted by Crippen LogP contribution is 2.61. The molecule has 0 unspecified atom stereocenters. The second-order valence-corrected chi connectivity index (χ2v) is 8.25. The molecule has 130 valence electrons. The summed E-state index contributed by atoms with van der Waals surface area (Å²) in [4.78, 5) is 13.0. The minimum atomic E-state index is 0.213. The van der Waals surface area contributed by atoms with Gasteiger partial charge in [-0.2, -0.15) is 0 Å². The Morgan fingerprint density at radius 2 is 1.96 bits per heavy atom. The van der Waals surface area contributed by atoms with Gasteiger partial charge in [0.1, 0.15) is 0 Å². The van der Waals surface area contributed by atoms with Crippen LogP contribution in [0.25, 0.3) is 5.57 Å². The first-order chi connectivity index (χ1) is 12.2. The Morgan fingerprint density at radius 1 is 1.12 bits per heavy atom. The topological polar surface area (TPSA) is 55.1 Å². The highest BCUT2D eigenvalue weighted by atomic mass is 16.1. The predicted octanol–water partition coefficient (Wildman–Crippen LogP) is 3.86. The molecule has 3 fully saturated rings. The van der Waals surface area contributed by atoms with Crippen molar-refractivity contribution in [1.82, 2.24) is 5.32 Å². The van der Waals surface area contributed by atoms with Gasteiger partial charge in [0.2, 0.25) is 0 Å². The maximum Gasteiger partial charge on any atom is 0.167 e. The van der Waals surface area contributed by atoms with E-state index in [1.54, 1.807) is 0 Å². The minimum Gasteiger partial charge on any atom is -0.399 e. The van der Waals surface area contributed by atoms with Gasteiger partial charge in [-0.1, -0.05) is 31.1 Å². The lowest BCUT2D eigenvalue weighted by Crippen LogP contribution is -2.58. The van der Waals surface area contributed by atoms with Crippen LogP contribution >= 0.6 is 0 Å². The van der Waals surface area contributed by atoms with Gasteiger partial charge in [-0.25, -0.2) is 0 Å². The average molecular weight is 334 g/mol. The summed E-state index contributed by atoms with van der Waals surface area (Å²) < 4.78 is 0. The van der Waals surface area contributed by atoms with Crippen LogP contribution in [-0.2, 0) is 4.79 Å². The lowest BCUT2D eigenvalue weighted by atomic mass is 9.49. The fraction of sp³-hybridized carbons (Fsp3) is 0.500. The molecule has 25 heavy (non-hydrogen) atoms. The fourth-order valence-electron chi connectivity index (χ4n) is 6.10. The van der Waals surface area contributed by atoms with Crippen molar-refractivity contribution in [2.24, 2.45) is 11.3 Å². The van der Waals surface area contributed by atoms with Gasteiger partial charge in [0, 0.05) is 29.1 Å². The zero-order valence-electron chi connectivity index (χ0n) is 14.7. The zero-order valence-corrected chi connectivity index (χ0v) is 14.7. The van der Waals surface area contributed by atoms with Gasteiger partial charge >= 0.3 is 0 Å². The van der Waals surface area contributed by atoms with Crippen molar-refractivity contribution in [3.05, 3.63) is 47.1 Å². The number of carbonyl (C=O) groups excluding carboxylic acids is 1. The van der Waals surface area contributed by atoms with E-state index >= 15 is 0 Å². The van der Waals surface area contributed by atoms with Crippen molar-refractivity contribution in [2.45, 2.75) is 51.0 Å². The summed E-state index contributed by atoms with van der Waals surface area (Å²) in [5.41, 5.74) is 11.8. The number of hydrogen-bond acceptors (Lipinski definition) is 3. The molecule has 1 aromatic carbocycles. The van der Waals surface area contributed by atoms with Crippen molar-refractivity contribution in [3.8, 4) is 0 Å². The molecule has 0 spiro atoms. The predicted molar refractivity (Wildman–Crippen MR) is 101 cm³/mol. The summed E-state index contributed by atoms with van der Waals surface area (Å²) in [5, 5.41) is 3.79. The number of nitrogen functional groups attached to an aromatic ring is 1. The molecule has 1 aromatic rings. The third kappa shape index (κ3) is 2.18. The van der Waals surface area contributed by atoms with Gasteiger partial charge in [0.05, 0.1) is 0 Å². The smallest absolute Gasteiger partial charge is 0.167 e. The number of ketones is 1. The van der Waals surface area contributed by atoms with E-state index in [1.165, 1.54) is 43.3 Å². The van der Waals surface area contributed by atoms with E-state index in [0.717, 1.165) is 29.8 Å². The molecule has 1 aliphatic heterocycles. The molecule has 0 amide bonds. The highest BCUT2D eigenvalue weighted by Gasteiger charge is 2.54. The zero-order chi connectivity index (χ0) is 17.0. The Labute approximate surface area is 149 Å². The monoisotopic (exact) mass is 334 g/mol. The first kappa shape index (κ1) is 15.4. The van der Waals surface area contributed by atoms with Crippen LogP contribution in [0.1, 0.15) is 50.5 Å². The van der Waals surface area contributed by atoms with Crippen molar-refractivity contribution in [1.29, 1.82) is 0 Å². The number of anilines is 1. The van der Waals surface area contributed by atoms with E-state index in [9.17, 15) is 4.79 Å². The van der Waals surface area contributed by atoms with E-state index in [2.05, 4.69) is 11.4 Å². The molecule has 0 aromatic heterocycles. The van der Waals surface area contributed by atoms with E-state index in [-0.39, 0.29) is 5.41 Å². The Morgan fingerprint density at radius 3 is 2.80 bits per heavy atom. The molecular formula is C22H26N2O. The lowest BCUT2D eigenvalue weighted by Gasteiger charge is -2.58. The van der Waals surface area contributed by atoms with Gasteiger partial charge < -0.3 is 11.1 Å². The number of hydrogen-bond donors (Lipinski definition) is 2. The first-order valence-electron chi connectivity index (χ1n) is 9.76. The Hall–Kier alpha value is -1.87. The number of Topliss-reactive ketones (excluding diaryl/α,β-unsaturated/α-hetero) is 1. The van der Waals surface area contributed by atoms with Crippen LogP contribution in [0.15, 0.2) is 41.5 Å². The van der Waals surface area contributed by atoms with Gasteiger partial charge in [-0.15, -0.1) is 0 Å². The third-order valence-corrected chi connectivity index (χ3v) is 7.08. The number of piperidine rings is 1. The summed E-state index contributed by atoms with van der Waals surface area (Å²) in [6, 6.07) is 8.54. The average Bonchev–Trinajstić information content (AvgIpc) is 2.63. The quantitative estimate of drug-likeness (QED) is 0.767. The first-order valence-corrected chi connectivity index (χ1v) is 9.76. The standard InChI is InChI=1S/C22H26N2O/c23-16-7-4-14(5-8-16)20-19(25)9-6-15-13-18-17-3-1-2-10-22(17,21(15)20)11-12-24-18/h4-8,17-18,24H,1-3,9-13,23H2/t17-,18+,22+/m0/s1. The Bertz CT molecular complexity index is 785. The SMILES string of the molecule is Nc1ccc(C2=C3C(=CCC2=O)C[C@H]2NCC[C@@]34CCCC[C@@H]24)cc1. The van der Waals surface area contributed by atoms with Crippen LogP contribution in [0.4, 0.5) is 5.69 Å². The molecule has 5 rings (SSSR count). The molecule has 3 nitrogen and oxygen atoms in total.